The monoisotopic (exact) mass is 495 g/mol. The summed E-state index contributed by atoms with van der Waals surface area (Å²) in [7, 11) is 3.17. The number of carboxylic acid groups (broad SMARTS) is 1. The molecule has 1 heterocycles. The summed E-state index contributed by atoms with van der Waals surface area (Å²) >= 11 is 3.47. The van der Waals surface area contributed by atoms with Gasteiger partial charge in [0.1, 0.15) is 0 Å². The quantitative estimate of drug-likeness (QED) is 0.541. The molecule has 3 aromatic rings. The van der Waals surface area contributed by atoms with Gasteiger partial charge in [0.25, 0.3) is 5.91 Å². The van der Waals surface area contributed by atoms with Crippen LogP contribution in [0.25, 0.3) is 0 Å². The number of benzene rings is 3. The van der Waals surface area contributed by atoms with Crippen molar-refractivity contribution in [2.45, 2.75) is 12.5 Å². The lowest BCUT2D eigenvalue weighted by molar-refractivity contribution is 0.0653. The molecule has 0 aliphatic carbocycles. The van der Waals surface area contributed by atoms with Gasteiger partial charge < -0.3 is 19.5 Å². The minimum Gasteiger partial charge on any atom is -0.493 e. The SMILES string of the molecule is COc1cc2c(cc1OC)[C@@H](c1ccc(Br)cc1)N(C(=O)c1ccccc1C(=O)O)CC2. The van der Waals surface area contributed by atoms with Crippen LogP contribution in [0.1, 0.15) is 43.4 Å². The lowest BCUT2D eigenvalue weighted by Crippen LogP contribution is -2.41. The summed E-state index contributed by atoms with van der Waals surface area (Å²) in [6.45, 7) is 0.440. The highest BCUT2D eigenvalue weighted by Crippen LogP contribution is 2.41. The van der Waals surface area contributed by atoms with Crippen LogP contribution in [-0.2, 0) is 6.42 Å². The summed E-state index contributed by atoms with van der Waals surface area (Å²) in [6, 6.07) is 17.6. The summed E-state index contributed by atoms with van der Waals surface area (Å²) < 4.78 is 11.9. The van der Waals surface area contributed by atoms with E-state index in [1.807, 2.05) is 36.4 Å². The van der Waals surface area contributed by atoms with E-state index >= 15 is 0 Å². The second-order valence-electron chi connectivity index (χ2n) is 7.46. The lowest BCUT2D eigenvalue weighted by atomic mass is 9.87. The Morgan fingerprint density at radius 1 is 0.969 bits per heavy atom. The van der Waals surface area contributed by atoms with Gasteiger partial charge >= 0.3 is 5.97 Å². The third-order valence-corrected chi connectivity index (χ3v) is 6.24. The molecule has 1 aliphatic rings. The van der Waals surface area contributed by atoms with E-state index in [-0.39, 0.29) is 17.0 Å². The number of ether oxygens (including phenoxy) is 2. The van der Waals surface area contributed by atoms with Crippen molar-refractivity contribution in [2.75, 3.05) is 20.8 Å². The van der Waals surface area contributed by atoms with Gasteiger partial charge in [-0.1, -0.05) is 40.2 Å². The fourth-order valence-corrected chi connectivity index (χ4v) is 4.44. The van der Waals surface area contributed by atoms with Crippen molar-refractivity contribution < 1.29 is 24.2 Å². The van der Waals surface area contributed by atoms with Crippen LogP contribution >= 0.6 is 15.9 Å². The largest absolute Gasteiger partial charge is 0.493 e. The Balaban J connectivity index is 1.87. The summed E-state index contributed by atoms with van der Waals surface area (Å²) in [5.74, 6) is -0.236. The average Bonchev–Trinajstić information content (AvgIpc) is 2.82. The second-order valence-corrected chi connectivity index (χ2v) is 8.38. The summed E-state index contributed by atoms with van der Waals surface area (Å²) in [5, 5.41) is 9.60. The Morgan fingerprint density at radius 3 is 2.22 bits per heavy atom. The third-order valence-electron chi connectivity index (χ3n) is 5.71. The molecule has 1 aliphatic heterocycles. The molecular weight excluding hydrogens is 474 g/mol. The van der Waals surface area contributed by atoms with E-state index in [2.05, 4.69) is 15.9 Å². The number of carboxylic acids is 1. The summed E-state index contributed by atoms with van der Waals surface area (Å²) in [4.78, 5) is 27.1. The van der Waals surface area contributed by atoms with Gasteiger partial charge in [-0.15, -0.1) is 0 Å². The molecule has 32 heavy (non-hydrogen) atoms. The Bertz CT molecular complexity index is 1180. The number of carbonyl (C=O) groups is 2. The summed E-state index contributed by atoms with van der Waals surface area (Å²) in [5.41, 5.74) is 3.07. The molecule has 4 rings (SSSR count). The summed E-state index contributed by atoms with van der Waals surface area (Å²) in [6.07, 6.45) is 0.615. The molecule has 7 heteroatoms. The Kier molecular flexibility index (Phi) is 6.19. The van der Waals surface area contributed by atoms with E-state index < -0.39 is 12.0 Å². The molecule has 0 fully saturated rings. The van der Waals surface area contributed by atoms with E-state index in [9.17, 15) is 14.7 Å². The third kappa shape index (κ3) is 3.96. The number of hydrogen-bond donors (Lipinski definition) is 1. The van der Waals surface area contributed by atoms with Crippen molar-refractivity contribution in [2.24, 2.45) is 0 Å². The maximum absolute atomic E-state index is 13.7. The zero-order valence-corrected chi connectivity index (χ0v) is 19.3. The molecule has 0 spiro atoms. The number of carbonyl (C=O) groups excluding carboxylic acids is 1. The van der Waals surface area contributed by atoms with Gasteiger partial charge in [0.05, 0.1) is 31.4 Å². The van der Waals surface area contributed by atoms with E-state index in [1.54, 1.807) is 37.3 Å². The average molecular weight is 496 g/mol. The van der Waals surface area contributed by atoms with E-state index in [1.165, 1.54) is 6.07 Å². The Morgan fingerprint density at radius 2 is 1.59 bits per heavy atom. The topological polar surface area (TPSA) is 76.1 Å². The number of amides is 1. The van der Waals surface area contributed by atoms with Crippen LogP contribution in [-0.4, -0.2) is 42.6 Å². The van der Waals surface area contributed by atoms with Crippen LogP contribution in [0.5, 0.6) is 11.5 Å². The number of nitrogens with zero attached hydrogens (tertiary/aromatic N) is 1. The fraction of sp³-hybridized carbons (Fsp3) is 0.200. The van der Waals surface area contributed by atoms with Gasteiger partial charge in [-0.2, -0.15) is 0 Å². The molecule has 0 aromatic heterocycles. The van der Waals surface area contributed by atoms with Crippen molar-refractivity contribution in [3.05, 3.63) is 93.0 Å². The number of halogens is 1. The highest BCUT2D eigenvalue weighted by molar-refractivity contribution is 9.10. The minimum atomic E-state index is -1.13. The standard InChI is InChI=1S/C25H22BrNO5/c1-31-21-13-16-11-12-27(24(28)18-5-3-4-6-19(18)25(29)30)23(20(16)14-22(21)32-2)15-7-9-17(26)10-8-15/h3-10,13-14,23H,11-12H2,1-2H3,(H,29,30)/t23-/m1/s1. The van der Waals surface area contributed by atoms with E-state index in [0.29, 0.717) is 24.5 Å². The molecule has 0 radical (unpaired) electrons. The Hall–Kier alpha value is -3.32. The van der Waals surface area contributed by atoms with Crippen LogP contribution in [0.15, 0.2) is 65.1 Å². The molecule has 1 N–H and O–H groups in total. The van der Waals surface area contributed by atoms with Crippen molar-refractivity contribution in [1.82, 2.24) is 4.90 Å². The Labute approximate surface area is 194 Å². The van der Waals surface area contributed by atoms with Gasteiger partial charge in [-0.05, 0) is 59.5 Å². The van der Waals surface area contributed by atoms with Gasteiger partial charge in [0.2, 0.25) is 0 Å². The first-order valence-electron chi connectivity index (χ1n) is 10.1. The first-order valence-corrected chi connectivity index (χ1v) is 10.9. The van der Waals surface area contributed by atoms with Gasteiger partial charge in [0, 0.05) is 11.0 Å². The van der Waals surface area contributed by atoms with Crippen molar-refractivity contribution in [3.63, 3.8) is 0 Å². The molecular formula is C25H22BrNO5. The highest BCUT2D eigenvalue weighted by atomic mass is 79.9. The minimum absolute atomic E-state index is 0.00911. The van der Waals surface area contributed by atoms with Gasteiger partial charge in [-0.3, -0.25) is 4.79 Å². The van der Waals surface area contributed by atoms with Gasteiger partial charge in [-0.25, -0.2) is 4.79 Å². The molecule has 0 bridgehead atoms. The van der Waals surface area contributed by atoms with Crippen molar-refractivity contribution >= 4 is 27.8 Å². The van der Waals surface area contributed by atoms with Crippen molar-refractivity contribution in [1.29, 1.82) is 0 Å². The predicted octanol–water partition coefficient (Wildman–Crippen LogP) is 4.95. The highest BCUT2D eigenvalue weighted by Gasteiger charge is 2.35. The zero-order chi connectivity index (χ0) is 22.8. The zero-order valence-electron chi connectivity index (χ0n) is 17.7. The fourth-order valence-electron chi connectivity index (χ4n) is 4.18. The normalized spacial score (nSPS) is 15.1. The molecule has 6 nitrogen and oxygen atoms in total. The first-order chi connectivity index (χ1) is 15.4. The number of aromatic carboxylic acids is 1. The first kappa shape index (κ1) is 21.9. The smallest absolute Gasteiger partial charge is 0.336 e. The van der Waals surface area contributed by atoms with Crippen LogP contribution in [0.2, 0.25) is 0 Å². The molecule has 3 aromatic carbocycles. The molecule has 0 saturated carbocycles. The van der Waals surface area contributed by atoms with E-state index in [0.717, 1.165) is 21.2 Å². The van der Waals surface area contributed by atoms with Crippen molar-refractivity contribution in [3.8, 4) is 11.5 Å². The second kappa shape index (κ2) is 9.04. The maximum Gasteiger partial charge on any atom is 0.336 e. The van der Waals surface area contributed by atoms with Crippen LogP contribution < -0.4 is 9.47 Å². The van der Waals surface area contributed by atoms with Crippen LogP contribution in [0.4, 0.5) is 0 Å². The lowest BCUT2D eigenvalue weighted by Gasteiger charge is -2.38. The van der Waals surface area contributed by atoms with Crippen LogP contribution in [0, 0.1) is 0 Å². The maximum atomic E-state index is 13.7. The predicted molar refractivity (Wildman–Crippen MR) is 124 cm³/mol. The molecule has 1 atom stereocenters. The number of hydrogen-bond acceptors (Lipinski definition) is 4. The van der Waals surface area contributed by atoms with Gasteiger partial charge in [0.15, 0.2) is 11.5 Å². The number of methoxy groups -OCH3 is 2. The molecule has 164 valence electrons. The van der Waals surface area contributed by atoms with Crippen LogP contribution in [0.3, 0.4) is 0 Å². The van der Waals surface area contributed by atoms with E-state index in [4.69, 9.17) is 9.47 Å². The number of fused-ring (bicyclic) bond motifs is 1. The molecule has 0 unspecified atom stereocenters. The molecule has 1 amide bonds. The number of rotatable bonds is 5. The molecule has 0 saturated heterocycles.